The summed E-state index contributed by atoms with van der Waals surface area (Å²) in [6.07, 6.45) is 2.42. The average Bonchev–Trinajstić information content (AvgIpc) is 3.19. The van der Waals surface area contributed by atoms with Gasteiger partial charge in [0.1, 0.15) is 16.7 Å². The summed E-state index contributed by atoms with van der Waals surface area (Å²) in [6.45, 7) is 2.87. The molecule has 1 aromatic carbocycles. The van der Waals surface area contributed by atoms with Crippen LogP contribution < -0.4 is 4.74 Å². The Morgan fingerprint density at radius 2 is 2.07 bits per heavy atom. The molecule has 2 aromatic rings. The molecule has 0 unspecified atom stereocenters. The quantitative estimate of drug-likeness (QED) is 0.787. The number of hydrogen-bond acceptors (Lipinski definition) is 7. The van der Waals surface area contributed by atoms with Gasteiger partial charge < -0.3 is 14.0 Å². The summed E-state index contributed by atoms with van der Waals surface area (Å²) in [5, 5.41) is 4.05. The zero-order chi connectivity index (χ0) is 18.6. The van der Waals surface area contributed by atoms with Crippen LogP contribution in [-0.2, 0) is 21.2 Å². The summed E-state index contributed by atoms with van der Waals surface area (Å²) in [6, 6.07) is 4.61. The molecule has 2 atom stereocenters. The standard InChI is InChI=1S/C18H21N3O5S/c1-11-15(18-19-17(20-26-18)13-5-6-13)21(8-10-24-11)27(22,23)14-4-2-3-12-7-9-25-16(12)14/h2-4,11,13,15H,5-10H2,1H3/t11-,15+/m1/s1. The number of fused-ring (bicyclic) bond motifs is 1. The fourth-order valence-corrected chi connectivity index (χ4v) is 5.58. The normalized spacial score (nSPS) is 26.0. The first-order valence-corrected chi connectivity index (χ1v) is 10.7. The zero-order valence-electron chi connectivity index (χ0n) is 15.0. The van der Waals surface area contributed by atoms with Gasteiger partial charge in [-0.05, 0) is 31.4 Å². The maximum absolute atomic E-state index is 13.5. The van der Waals surface area contributed by atoms with Crippen LogP contribution in [0, 0.1) is 0 Å². The van der Waals surface area contributed by atoms with Gasteiger partial charge in [-0.25, -0.2) is 8.42 Å². The molecule has 1 saturated carbocycles. The molecule has 3 heterocycles. The van der Waals surface area contributed by atoms with Crippen molar-refractivity contribution in [1.82, 2.24) is 14.4 Å². The van der Waals surface area contributed by atoms with Crippen molar-refractivity contribution in [3.63, 3.8) is 0 Å². The Morgan fingerprint density at radius 1 is 1.22 bits per heavy atom. The van der Waals surface area contributed by atoms with Crippen molar-refractivity contribution in [3.8, 4) is 5.75 Å². The number of benzene rings is 1. The average molecular weight is 391 g/mol. The van der Waals surface area contributed by atoms with E-state index in [1.54, 1.807) is 12.1 Å². The predicted molar refractivity (Wildman–Crippen MR) is 94.0 cm³/mol. The van der Waals surface area contributed by atoms with Crippen molar-refractivity contribution in [2.24, 2.45) is 0 Å². The van der Waals surface area contributed by atoms with Crippen LogP contribution in [0.15, 0.2) is 27.6 Å². The van der Waals surface area contributed by atoms with Gasteiger partial charge in [-0.15, -0.1) is 0 Å². The van der Waals surface area contributed by atoms with Crippen LogP contribution in [0.25, 0.3) is 0 Å². The van der Waals surface area contributed by atoms with Crippen LogP contribution in [0.3, 0.4) is 0 Å². The van der Waals surface area contributed by atoms with Crippen molar-refractivity contribution in [2.45, 2.75) is 49.1 Å². The highest BCUT2D eigenvalue weighted by molar-refractivity contribution is 7.89. The molecule has 0 bridgehead atoms. The van der Waals surface area contributed by atoms with Crippen LogP contribution in [-0.4, -0.2) is 48.7 Å². The molecule has 0 amide bonds. The van der Waals surface area contributed by atoms with Crippen LogP contribution in [0.4, 0.5) is 0 Å². The molecule has 1 aliphatic carbocycles. The first kappa shape index (κ1) is 17.2. The van der Waals surface area contributed by atoms with Gasteiger partial charge in [0.25, 0.3) is 0 Å². The summed E-state index contributed by atoms with van der Waals surface area (Å²) in [4.78, 5) is 4.67. The van der Waals surface area contributed by atoms with E-state index in [2.05, 4.69) is 10.1 Å². The fraction of sp³-hybridized carbons (Fsp3) is 0.556. The number of ether oxygens (including phenoxy) is 2. The molecule has 8 nitrogen and oxygen atoms in total. The highest BCUT2D eigenvalue weighted by Crippen LogP contribution is 2.41. The number of nitrogens with zero attached hydrogens (tertiary/aromatic N) is 3. The molecule has 9 heteroatoms. The molecule has 5 rings (SSSR count). The first-order valence-electron chi connectivity index (χ1n) is 9.27. The summed E-state index contributed by atoms with van der Waals surface area (Å²) >= 11 is 0. The zero-order valence-corrected chi connectivity index (χ0v) is 15.8. The van der Waals surface area contributed by atoms with Crippen molar-refractivity contribution in [1.29, 1.82) is 0 Å². The molecule has 2 aliphatic heterocycles. The Labute approximate surface area is 157 Å². The second-order valence-corrected chi connectivity index (χ2v) is 9.10. The number of hydrogen-bond donors (Lipinski definition) is 0. The van der Waals surface area contributed by atoms with Crippen LogP contribution in [0.2, 0.25) is 0 Å². The Balaban J connectivity index is 1.55. The summed E-state index contributed by atoms with van der Waals surface area (Å²) in [7, 11) is -3.81. The predicted octanol–water partition coefficient (Wildman–Crippen LogP) is 2.03. The Kier molecular flexibility index (Phi) is 3.99. The van der Waals surface area contributed by atoms with Crippen molar-refractivity contribution >= 4 is 10.0 Å². The molecule has 144 valence electrons. The maximum atomic E-state index is 13.5. The number of rotatable bonds is 4. The van der Waals surface area contributed by atoms with E-state index in [1.165, 1.54) is 4.31 Å². The lowest BCUT2D eigenvalue weighted by Gasteiger charge is -2.36. The highest BCUT2D eigenvalue weighted by atomic mass is 32.2. The molecule has 0 N–H and O–H groups in total. The molecule has 27 heavy (non-hydrogen) atoms. The largest absolute Gasteiger partial charge is 0.492 e. The third-order valence-electron chi connectivity index (χ3n) is 5.37. The van der Waals surface area contributed by atoms with Gasteiger partial charge in [-0.3, -0.25) is 0 Å². The Hall–Kier alpha value is -1.97. The number of sulfonamides is 1. The smallest absolute Gasteiger partial charge is 0.247 e. The third kappa shape index (κ3) is 2.84. The Morgan fingerprint density at radius 3 is 2.89 bits per heavy atom. The van der Waals surface area contributed by atoms with E-state index < -0.39 is 22.2 Å². The molecule has 0 spiro atoms. The van der Waals surface area contributed by atoms with Crippen molar-refractivity contribution < 1.29 is 22.4 Å². The van der Waals surface area contributed by atoms with E-state index in [9.17, 15) is 8.42 Å². The minimum Gasteiger partial charge on any atom is -0.492 e. The number of morpholine rings is 1. The lowest BCUT2D eigenvalue weighted by Crippen LogP contribution is -2.47. The summed E-state index contributed by atoms with van der Waals surface area (Å²) < 4.78 is 45.3. The molecular formula is C18H21N3O5S. The van der Waals surface area contributed by atoms with E-state index in [-0.39, 0.29) is 11.4 Å². The van der Waals surface area contributed by atoms with Crippen LogP contribution in [0.1, 0.15) is 49.0 Å². The highest BCUT2D eigenvalue weighted by Gasteiger charge is 2.44. The van der Waals surface area contributed by atoms with Gasteiger partial charge in [-0.2, -0.15) is 9.29 Å². The van der Waals surface area contributed by atoms with Gasteiger partial charge in [0.2, 0.25) is 15.9 Å². The van der Waals surface area contributed by atoms with Gasteiger partial charge >= 0.3 is 0 Å². The third-order valence-corrected chi connectivity index (χ3v) is 7.27. The second-order valence-electron chi connectivity index (χ2n) is 7.24. The monoisotopic (exact) mass is 391 g/mol. The van der Waals surface area contributed by atoms with E-state index in [1.807, 2.05) is 13.0 Å². The minimum absolute atomic E-state index is 0.193. The van der Waals surface area contributed by atoms with Crippen molar-refractivity contribution in [2.75, 3.05) is 19.8 Å². The van der Waals surface area contributed by atoms with Gasteiger partial charge in [0, 0.05) is 18.9 Å². The molecule has 0 radical (unpaired) electrons. The van der Waals surface area contributed by atoms with Crippen LogP contribution in [0.5, 0.6) is 5.75 Å². The van der Waals surface area contributed by atoms with Crippen LogP contribution >= 0.6 is 0 Å². The second kappa shape index (κ2) is 6.29. The van der Waals surface area contributed by atoms with E-state index in [0.717, 1.165) is 24.8 Å². The maximum Gasteiger partial charge on any atom is 0.247 e. The minimum atomic E-state index is -3.81. The van der Waals surface area contributed by atoms with E-state index in [0.29, 0.717) is 36.6 Å². The molecule has 1 saturated heterocycles. The van der Waals surface area contributed by atoms with E-state index >= 15 is 0 Å². The van der Waals surface area contributed by atoms with Gasteiger partial charge in [-0.1, -0.05) is 17.3 Å². The topological polar surface area (TPSA) is 94.8 Å². The van der Waals surface area contributed by atoms with Gasteiger partial charge in [0.15, 0.2) is 5.82 Å². The summed E-state index contributed by atoms with van der Waals surface area (Å²) in [5.74, 6) is 1.74. The summed E-state index contributed by atoms with van der Waals surface area (Å²) in [5.41, 5.74) is 0.919. The molecule has 1 aromatic heterocycles. The van der Waals surface area contributed by atoms with Crippen molar-refractivity contribution in [3.05, 3.63) is 35.5 Å². The molecule has 3 aliphatic rings. The molecular weight excluding hydrogens is 370 g/mol. The van der Waals surface area contributed by atoms with E-state index in [4.69, 9.17) is 14.0 Å². The first-order chi connectivity index (χ1) is 13.1. The molecule has 2 fully saturated rings. The fourth-order valence-electron chi connectivity index (χ4n) is 3.78. The SMILES string of the molecule is C[C@H]1OCCN(S(=O)(=O)c2cccc3c2OCC3)[C@@H]1c1nc(C2CC2)no1. The number of para-hydroxylation sites is 1. The lowest BCUT2D eigenvalue weighted by atomic mass is 10.1. The lowest BCUT2D eigenvalue weighted by molar-refractivity contribution is -0.0401. The van der Waals surface area contributed by atoms with Gasteiger partial charge in [0.05, 0.1) is 19.3 Å². The Bertz CT molecular complexity index is 969. The number of aromatic nitrogens is 2.